The van der Waals surface area contributed by atoms with E-state index in [1.54, 1.807) is 4.90 Å². The van der Waals surface area contributed by atoms with Crippen molar-refractivity contribution in [1.82, 2.24) is 24.8 Å². The zero-order valence-electron chi connectivity index (χ0n) is 16.2. The molecule has 29 heavy (non-hydrogen) atoms. The molecule has 2 aromatic heterocycles. The summed E-state index contributed by atoms with van der Waals surface area (Å²) in [6.45, 7) is 3.96. The minimum atomic E-state index is -0.303. The van der Waals surface area contributed by atoms with Crippen LogP contribution in [0.4, 0.5) is 10.7 Å². The fourth-order valence-electron chi connectivity index (χ4n) is 3.72. The number of fused-ring (bicyclic) bond motifs is 1. The van der Waals surface area contributed by atoms with Crippen LogP contribution in [0.1, 0.15) is 12.5 Å². The Balaban J connectivity index is 1.36. The van der Waals surface area contributed by atoms with E-state index in [-0.39, 0.29) is 12.1 Å². The highest BCUT2D eigenvalue weighted by molar-refractivity contribution is 5.83. The molecule has 2 fully saturated rings. The van der Waals surface area contributed by atoms with Gasteiger partial charge in [-0.05, 0) is 23.7 Å². The van der Waals surface area contributed by atoms with Gasteiger partial charge in [-0.2, -0.15) is 10.1 Å². The van der Waals surface area contributed by atoms with Crippen LogP contribution in [0.3, 0.4) is 0 Å². The van der Waals surface area contributed by atoms with E-state index in [1.165, 1.54) is 7.11 Å². The van der Waals surface area contributed by atoms with Gasteiger partial charge in [-0.1, -0.05) is 6.07 Å². The number of nitrogens with zero attached hydrogens (tertiary/aromatic N) is 6. The van der Waals surface area contributed by atoms with Crippen LogP contribution in [-0.2, 0) is 9.47 Å². The van der Waals surface area contributed by atoms with Gasteiger partial charge in [0.25, 0.3) is 11.8 Å². The molecule has 2 aliphatic heterocycles. The Hall–Kier alpha value is -3.14. The van der Waals surface area contributed by atoms with Crippen LogP contribution in [0.5, 0.6) is 0 Å². The van der Waals surface area contributed by atoms with Gasteiger partial charge in [0.1, 0.15) is 0 Å². The van der Waals surface area contributed by atoms with E-state index in [9.17, 15) is 4.79 Å². The molecular weight excluding hydrogens is 376 g/mol. The number of hydrogen-bond acceptors (Lipinski definition) is 8. The summed E-state index contributed by atoms with van der Waals surface area (Å²) >= 11 is 0. The lowest BCUT2D eigenvalue weighted by Gasteiger charge is -2.26. The number of carbonyl (C=O) groups is 1. The van der Waals surface area contributed by atoms with Gasteiger partial charge in [-0.15, -0.1) is 0 Å². The third-order valence-electron chi connectivity index (χ3n) is 5.44. The molecule has 10 nitrogen and oxygen atoms in total. The fourth-order valence-corrected chi connectivity index (χ4v) is 3.72. The van der Waals surface area contributed by atoms with Crippen LogP contribution in [-0.4, -0.2) is 77.4 Å². The summed E-state index contributed by atoms with van der Waals surface area (Å²) in [4.78, 5) is 20.1. The number of aromatic nitrogens is 4. The first-order valence-electron chi connectivity index (χ1n) is 9.70. The maximum Gasteiger partial charge on any atom is 0.409 e. The minimum absolute atomic E-state index is 0.274. The average Bonchev–Trinajstić information content (AvgIpc) is 3.27. The topological polar surface area (TPSA) is 98.8 Å². The molecule has 0 aliphatic carbocycles. The Morgan fingerprint density at radius 3 is 2.90 bits per heavy atom. The molecule has 0 bridgehead atoms. The molecule has 2 saturated heterocycles. The van der Waals surface area contributed by atoms with E-state index in [4.69, 9.17) is 14.0 Å². The standard InChI is InChI=1S/C19H22N6O4/c1-27-19(26)24-6-2-5-23(7-8-24)18-21-17(29-22-18)13-3-4-14-10-20-25(16(14)9-13)15-11-28-12-15/h3-4,9-10,15H,2,5-8,11-12H2,1H3. The molecule has 152 valence electrons. The number of rotatable bonds is 3. The zero-order chi connectivity index (χ0) is 19.8. The van der Waals surface area contributed by atoms with Crippen molar-refractivity contribution in [2.24, 2.45) is 0 Å². The lowest BCUT2D eigenvalue weighted by Crippen LogP contribution is -2.35. The van der Waals surface area contributed by atoms with Crippen molar-refractivity contribution in [2.75, 3.05) is 51.4 Å². The molecule has 0 atom stereocenters. The Kier molecular flexibility index (Phi) is 4.55. The first-order chi connectivity index (χ1) is 14.2. The van der Waals surface area contributed by atoms with Crippen molar-refractivity contribution in [3.8, 4) is 11.5 Å². The summed E-state index contributed by atoms with van der Waals surface area (Å²) < 4.78 is 17.7. The summed E-state index contributed by atoms with van der Waals surface area (Å²) in [5.41, 5.74) is 1.88. The summed E-state index contributed by atoms with van der Waals surface area (Å²) in [5.74, 6) is 1.00. The Labute approximate surface area is 167 Å². The van der Waals surface area contributed by atoms with Gasteiger partial charge >= 0.3 is 6.09 Å². The number of carbonyl (C=O) groups excluding carboxylic acids is 1. The van der Waals surface area contributed by atoms with E-state index in [1.807, 2.05) is 34.0 Å². The van der Waals surface area contributed by atoms with Crippen molar-refractivity contribution in [3.63, 3.8) is 0 Å². The van der Waals surface area contributed by atoms with Crippen molar-refractivity contribution < 1.29 is 18.8 Å². The molecule has 1 aromatic carbocycles. The van der Waals surface area contributed by atoms with Gasteiger partial charge in [0, 0.05) is 37.1 Å². The SMILES string of the molecule is COC(=O)N1CCCN(c2noc(-c3ccc4cnn(C5COC5)c4c3)n2)CC1. The summed E-state index contributed by atoms with van der Waals surface area (Å²) in [5, 5.41) is 9.72. The molecule has 0 saturated carbocycles. The second kappa shape index (κ2) is 7.36. The molecule has 2 aliphatic rings. The second-order valence-corrected chi connectivity index (χ2v) is 7.25. The first kappa shape index (κ1) is 17.9. The van der Waals surface area contributed by atoms with Crippen LogP contribution in [0.25, 0.3) is 22.4 Å². The van der Waals surface area contributed by atoms with E-state index in [0.717, 1.165) is 29.4 Å². The Bertz CT molecular complexity index is 1030. The second-order valence-electron chi connectivity index (χ2n) is 7.25. The minimum Gasteiger partial charge on any atom is -0.453 e. The normalized spacial score (nSPS) is 18.0. The molecule has 10 heteroatoms. The van der Waals surface area contributed by atoms with E-state index in [2.05, 4.69) is 15.2 Å². The summed E-state index contributed by atoms with van der Waals surface area (Å²) in [6.07, 6.45) is 2.37. The number of benzene rings is 1. The van der Waals surface area contributed by atoms with Crippen LogP contribution < -0.4 is 4.90 Å². The van der Waals surface area contributed by atoms with E-state index < -0.39 is 0 Å². The highest BCUT2D eigenvalue weighted by Gasteiger charge is 2.24. The van der Waals surface area contributed by atoms with Gasteiger partial charge < -0.3 is 23.8 Å². The van der Waals surface area contributed by atoms with E-state index >= 15 is 0 Å². The molecular formula is C19H22N6O4. The third kappa shape index (κ3) is 3.29. The monoisotopic (exact) mass is 398 g/mol. The molecule has 1 amide bonds. The molecule has 5 rings (SSSR count). The molecule has 0 radical (unpaired) electrons. The van der Waals surface area contributed by atoms with Crippen LogP contribution in [0, 0.1) is 0 Å². The van der Waals surface area contributed by atoms with Gasteiger partial charge in [-0.25, -0.2) is 4.79 Å². The van der Waals surface area contributed by atoms with Gasteiger partial charge in [0.15, 0.2) is 0 Å². The molecule has 0 spiro atoms. The fraction of sp³-hybridized carbons (Fsp3) is 0.474. The quantitative estimate of drug-likeness (QED) is 0.660. The molecule has 3 aromatic rings. The van der Waals surface area contributed by atoms with Crippen molar-refractivity contribution >= 4 is 22.9 Å². The summed E-state index contributed by atoms with van der Waals surface area (Å²) in [6, 6.07) is 6.28. The van der Waals surface area contributed by atoms with Crippen LogP contribution >= 0.6 is 0 Å². The average molecular weight is 398 g/mol. The smallest absolute Gasteiger partial charge is 0.409 e. The van der Waals surface area contributed by atoms with Crippen LogP contribution in [0.15, 0.2) is 28.9 Å². The van der Waals surface area contributed by atoms with E-state index in [0.29, 0.717) is 44.7 Å². The first-order valence-corrected chi connectivity index (χ1v) is 9.70. The Morgan fingerprint density at radius 1 is 1.21 bits per heavy atom. The predicted octanol–water partition coefficient (Wildman–Crippen LogP) is 1.94. The van der Waals surface area contributed by atoms with Gasteiger partial charge in [-0.3, -0.25) is 4.68 Å². The lowest BCUT2D eigenvalue weighted by atomic mass is 10.1. The highest BCUT2D eigenvalue weighted by Crippen LogP contribution is 2.28. The van der Waals surface area contributed by atoms with Crippen molar-refractivity contribution in [3.05, 3.63) is 24.4 Å². The largest absolute Gasteiger partial charge is 0.453 e. The van der Waals surface area contributed by atoms with Gasteiger partial charge in [0.05, 0.1) is 38.1 Å². The van der Waals surface area contributed by atoms with Crippen molar-refractivity contribution in [2.45, 2.75) is 12.5 Å². The molecule has 4 heterocycles. The number of hydrogen-bond donors (Lipinski definition) is 0. The van der Waals surface area contributed by atoms with Crippen LogP contribution in [0.2, 0.25) is 0 Å². The molecule has 0 N–H and O–H groups in total. The third-order valence-corrected chi connectivity index (χ3v) is 5.44. The van der Waals surface area contributed by atoms with Crippen molar-refractivity contribution in [1.29, 1.82) is 0 Å². The number of ether oxygens (including phenoxy) is 2. The van der Waals surface area contributed by atoms with Gasteiger partial charge in [0.2, 0.25) is 0 Å². The predicted molar refractivity (Wildman–Crippen MR) is 104 cm³/mol. The number of anilines is 1. The zero-order valence-corrected chi connectivity index (χ0v) is 16.2. The summed E-state index contributed by atoms with van der Waals surface area (Å²) in [7, 11) is 1.40. The lowest BCUT2D eigenvalue weighted by molar-refractivity contribution is -0.0266. The maximum atomic E-state index is 11.8. The molecule has 0 unspecified atom stereocenters. The number of methoxy groups -OCH3 is 1. The highest BCUT2D eigenvalue weighted by atomic mass is 16.5. The maximum absolute atomic E-state index is 11.8. The Morgan fingerprint density at radius 2 is 2.10 bits per heavy atom. The number of amides is 1.